The second-order valence-electron chi connectivity index (χ2n) is 7.26. The number of halogens is 3. The van der Waals surface area contributed by atoms with E-state index in [4.69, 9.17) is 32.7 Å². The fourth-order valence-corrected chi connectivity index (χ4v) is 4.08. The van der Waals surface area contributed by atoms with Crippen molar-refractivity contribution in [3.63, 3.8) is 0 Å². The van der Waals surface area contributed by atoms with Crippen molar-refractivity contribution in [2.75, 3.05) is 13.2 Å². The maximum atomic E-state index is 6.26. The maximum absolute atomic E-state index is 6.26. The van der Waals surface area contributed by atoms with Crippen LogP contribution in [0.2, 0.25) is 10.0 Å². The van der Waals surface area contributed by atoms with Gasteiger partial charge < -0.3 is 14.8 Å². The Hall–Kier alpha value is -1.72. The van der Waals surface area contributed by atoms with Crippen molar-refractivity contribution in [1.82, 2.24) is 5.32 Å². The summed E-state index contributed by atoms with van der Waals surface area (Å²) in [5.41, 5.74) is 4.54. The molecule has 3 rings (SSSR count). The van der Waals surface area contributed by atoms with Gasteiger partial charge in [-0.15, -0.1) is 0 Å². The summed E-state index contributed by atoms with van der Waals surface area (Å²) in [5.74, 6) is 1.47. The highest BCUT2D eigenvalue weighted by molar-refractivity contribution is 9.10. The molecule has 0 amide bonds. The zero-order valence-corrected chi connectivity index (χ0v) is 20.8. The van der Waals surface area contributed by atoms with E-state index in [2.05, 4.69) is 52.4 Å². The topological polar surface area (TPSA) is 30.5 Å². The number of hydrogen-bond acceptors (Lipinski definition) is 3. The van der Waals surface area contributed by atoms with E-state index in [0.717, 1.165) is 45.6 Å². The zero-order chi connectivity index (χ0) is 22.2. The third-order valence-corrected chi connectivity index (χ3v) is 6.15. The van der Waals surface area contributed by atoms with Crippen molar-refractivity contribution >= 4 is 39.1 Å². The number of aryl methyl sites for hydroxylation is 1. The van der Waals surface area contributed by atoms with Crippen LogP contribution in [-0.2, 0) is 19.6 Å². The summed E-state index contributed by atoms with van der Waals surface area (Å²) in [4.78, 5) is 0. The van der Waals surface area contributed by atoms with Crippen LogP contribution in [0.15, 0.2) is 59.1 Å². The summed E-state index contributed by atoms with van der Waals surface area (Å²) >= 11 is 15.9. The van der Waals surface area contributed by atoms with E-state index >= 15 is 0 Å². The maximum Gasteiger partial charge on any atom is 0.162 e. The number of benzene rings is 3. The monoisotopic (exact) mass is 521 g/mol. The Kier molecular flexibility index (Phi) is 9.09. The molecule has 6 heteroatoms. The molecule has 0 bridgehead atoms. The summed E-state index contributed by atoms with van der Waals surface area (Å²) in [7, 11) is 0. The predicted molar refractivity (Wildman–Crippen MR) is 133 cm³/mol. The van der Waals surface area contributed by atoms with Crippen LogP contribution in [0.1, 0.15) is 29.2 Å². The van der Waals surface area contributed by atoms with Gasteiger partial charge in [0, 0.05) is 21.1 Å². The normalized spacial score (nSPS) is 10.9. The highest BCUT2D eigenvalue weighted by atomic mass is 79.9. The van der Waals surface area contributed by atoms with Crippen molar-refractivity contribution < 1.29 is 9.47 Å². The summed E-state index contributed by atoms with van der Waals surface area (Å²) < 4.78 is 12.9. The van der Waals surface area contributed by atoms with Crippen LogP contribution in [-0.4, -0.2) is 13.2 Å². The molecule has 0 saturated carbocycles. The molecule has 1 N–H and O–H groups in total. The van der Waals surface area contributed by atoms with Gasteiger partial charge in [-0.2, -0.15) is 0 Å². The van der Waals surface area contributed by atoms with E-state index in [9.17, 15) is 0 Å². The highest BCUT2D eigenvalue weighted by Gasteiger charge is 2.11. The first kappa shape index (κ1) is 23.9. The van der Waals surface area contributed by atoms with Crippen LogP contribution >= 0.6 is 39.1 Å². The molecular weight excluding hydrogens is 497 g/mol. The minimum Gasteiger partial charge on any atom is -0.490 e. The van der Waals surface area contributed by atoms with Gasteiger partial charge in [0.1, 0.15) is 6.61 Å². The standard InChI is InChI=1S/C25H26BrCl2NO2/c1-3-30-24-12-20(15-29-11-10-19-8-9-21(27)13-23(19)28)22(26)14-25(24)31-16-18-6-4-17(2)5-7-18/h4-9,12-14,29H,3,10-11,15-16H2,1-2H3. The molecule has 164 valence electrons. The van der Waals surface area contributed by atoms with E-state index < -0.39 is 0 Å². The number of hydrogen-bond donors (Lipinski definition) is 1. The molecule has 3 aromatic carbocycles. The van der Waals surface area contributed by atoms with E-state index in [-0.39, 0.29) is 0 Å². The van der Waals surface area contributed by atoms with Crippen molar-refractivity contribution in [1.29, 1.82) is 0 Å². The molecule has 31 heavy (non-hydrogen) atoms. The lowest BCUT2D eigenvalue weighted by atomic mass is 10.1. The van der Waals surface area contributed by atoms with Gasteiger partial charge in [-0.25, -0.2) is 0 Å². The molecule has 3 nitrogen and oxygen atoms in total. The molecule has 0 aliphatic rings. The molecule has 3 aromatic rings. The first-order valence-electron chi connectivity index (χ1n) is 10.2. The van der Waals surface area contributed by atoms with Crippen LogP contribution in [0.25, 0.3) is 0 Å². The van der Waals surface area contributed by atoms with Gasteiger partial charge in [0.15, 0.2) is 11.5 Å². The van der Waals surface area contributed by atoms with E-state index in [0.29, 0.717) is 29.8 Å². The Morgan fingerprint density at radius 2 is 1.65 bits per heavy atom. The van der Waals surface area contributed by atoms with Crippen LogP contribution in [0.4, 0.5) is 0 Å². The third kappa shape index (κ3) is 7.15. The molecule has 0 aliphatic heterocycles. The molecule has 0 heterocycles. The lowest BCUT2D eigenvalue weighted by molar-refractivity contribution is 0.269. The fraction of sp³-hybridized carbons (Fsp3) is 0.280. The smallest absolute Gasteiger partial charge is 0.162 e. The molecule has 0 radical (unpaired) electrons. The molecule has 0 fully saturated rings. The Morgan fingerprint density at radius 3 is 2.35 bits per heavy atom. The van der Waals surface area contributed by atoms with Gasteiger partial charge >= 0.3 is 0 Å². The van der Waals surface area contributed by atoms with E-state index in [1.807, 2.05) is 31.2 Å². The van der Waals surface area contributed by atoms with Crippen LogP contribution in [0.5, 0.6) is 11.5 Å². The van der Waals surface area contributed by atoms with Gasteiger partial charge in [0.2, 0.25) is 0 Å². The zero-order valence-electron chi connectivity index (χ0n) is 17.7. The van der Waals surface area contributed by atoms with Crippen LogP contribution < -0.4 is 14.8 Å². The second kappa shape index (κ2) is 11.8. The van der Waals surface area contributed by atoms with Crippen molar-refractivity contribution in [2.24, 2.45) is 0 Å². The van der Waals surface area contributed by atoms with E-state index in [1.54, 1.807) is 6.07 Å². The van der Waals surface area contributed by atoms with E-state index in [1.165, 1.54) is 5.56 Å². The first-order valence-corrected chi connectivity index (χ1v) is 11.8. The Bertz CT molecular complexity index is 1010. The lowest BCUT2D eigenvalue weighted by Crippen LogP contribution is -2.17. The number of nitrogens with one attached hydrogen (secondary N) is 1. The lowest BCUT2D eigenvalue weighted by Gasteiger charge is -2.16. The fourth-order valence-electron chi connectivity index (χ4n) is 3.11. The third-order valence-electron chi connectivity index (χ3n) is 4.83. The van der Waals surface area contributed by atoms with Crippen molar-refractivity contribution in [2.45, 2.75) is 33.4 Å². The number of ether oxygens (including phenoxy) is 2. The Labute approximate surface area is 202 Å². The quantitative estimate of drug-likeness (QED) is 0.282. The summed E-state index contributed by atoms with van der Waals surface area (Å²) in [5, 5.41) is 4.82. The number of rotatable bonds is 10. The molecule has 0 aliphatic carbocycles. The minimum absolute atomic E-state index is 0.492. The summed E-state index contributed by atoms with van der Waals surface area (Å²) in [6.07, 6.45) is 0.823. The average Bonchev–Trinajstić information content (AvgIpc) is 2.74. The van der Waals surface area contributed by atoms with Crippen LogP contribution in [0, 0.1) is 6.92 Å². The second-order valence-corrected chi connectivity index (χ2v) is 8.96. The Balaban J connectivity index is 1.61. The molecule has 0 atom stereocenters. The van der Waals surface area contributed by atoms with Gasteiger partial charge in [0.05, 0.1) is 6.61 Å². The largest absolute Gasteiger partial charge is 0.490 e. The van der Waals surface area contributed by atoms with Gasteiger partial charge in [0.25, 0.3) is 0 Å². The minimum atomic E-state index is 0.492. The first-order chi connectivity index (χ1) is 15.0. The predicted octanol–water partition coefficient (Wildman–Crippen LogP) is 7.37. The summed E-state index contributed by atoms with van der Waals surface area (Å²) in [6.45, 7) is 6.61. The Morgan fingerprint density at radius 1 is 0.903 bits per heavy atom. The van der Waals surface area contributed by atoms with Crippen LogP contribution in [0.3, 0.4) is 0 Å². The highest BCUT2D eigenvalue weighted by Crippen LogP contribution is 2.34. The molecular formula is C25H26BrCl2NO2. The molecule has 0 unspecified atom stereocenters. The van der Waals surface area contributed by atoms with Gasteiger partial charge in [-0.05, 0) is 67.8 Å². The van der Waals surface area contributed by atoms with Crippen molar-refractivity contribution in [3.8, 4) is 11.5 Å². The molecule has 0 spiro atoms. The van der Waals surface area contributed by atoms with Crippen molar-refractivity contribution in [3.05, 3.63) is 91.4 Å². The summed E-state index contributed by atoms with van der Waals surface area (Å²) in [6, 6.07) is 17.9. The van der Waals surface area contributed by atoms with Gasteiger partial charge in [-0.1, -0.05) is 75.0 Å². The SMILES string of the molecule is CCOc1cc(CNCCc2ccc(Cl)cc2Cl)c(Br)cc1OCc1ccc(C)cc1. The molecule has 0 saturated heterocycles. The van der Waals surface area contributed by atoms with Gasteiger partial charge in [-0.3, -0.25) is 0 Å². The molecule has 0 aromatic heterocycles. The average molecular weight is 523 g/mol.